The molecule has 1 atom stereocenters. The van der Waals surface area contributed by atoms with Crippen LogP contribution in [-0.2, 0) is 0 Å². The minimum absolute atomic E-state index is 0.112. The molecular weight excluding hydrogens is 451 g/mol. The highest BCUT2D eigenvalue weighted by Gasteiger charge is 2.16. The standard InChI is InChI=1S/C12H8Br3ClS/c1-6-2-7(4-8(13)3-6)11(16)10-5-9(14)12(15)17-10/h2-5,11H,1H3. The van der Waals surface area contributed by atoms with Crippen molar-refractivity contribution < 1.29 is 0 Å². The Hall–Kier alpha value is 0.650. The van der Waals surface area contributed by atoms with Gasteiger partial charge in [-0.1, -0.05) is 22.0 Å². The van der Waals surface area contributed by atoms with Crippen molar-refractivity contribution in [3.8, 4) is 0 Å². The Morgan fingerprint density at radius 3 is 2.35 bits per heavy atom. The Balaban J connectivity index is 2.39. The summed E-state index contributed by atoms with van der Waals surface area (Å²) in [6.45, 7) is 2.07. The Morgan fingerprint density at radius 2 is 1.82 bits per heavy atom. The van der Waals surface area contributed by atoms with Crippen molar-refractivity contribution >= 4 is 70.7 Å². The molecule has 1 aromatic heterocycles. The summed E-state index contributed by atoms with van der Waals surface area (Å²) < 4.78 is 3.19. The summed E-state index contributed by atoms with van der Waals surface area (Å²) in [7, 11) is 0. The van der Waals surface area contributed by atoms with Crippen molar-refractivity contribution in [2.45, 2.75) is 12.3 Å². The van der Waals surface area contributed by atoms with Crippen LogP contribution < -0.4 is 0 Å². The minimum Gasteiger partial charge on any atom is -0.130 e. The van der Waals surface area contributed by atoms with Gasteiger partial charge < -0.3 is 0 Å². The van der Waals surface area contributed by atoms with Gasteiger partial charge in [-0.05, 0) is 68.1 Å². The number of rotatable bonds is 2. The van der Waals surface area contributed by atoms with Gasteiger partial charge in [0.25, 0.3) is 0 Å². The summed E-state index contributed by atoms with van der Waals surface area (Å²) >= 11 is 18.6. The Kier molecular flexibility index (Phi) is 4.75. The SMILES string of the molecule is Cc1cc(Br)cc(C(Cl)c2cc(Br)c(Br)s2)c1. The van der Waals surface area contributed by atoms with Gasteiger partial charge in [-0.25, -0.2) is 0 Å². The van der Waals surface area contributed by atoms with Crippen molar-refractivity contribution in [3.05, 3.63) is 53.0 Å². The minimum atomic E-state index is -0.112. The molecule has 90 valence electrons. The van der Waals surface area contributed by atoms with E-state index in [4.69, 9.17) is 11.6 Å². The molecule has 1 aromatic carbocycles. The van der Waals surface area contributed by atoms with Crippen LogP contribution in [0, 0.1) is 6.92 Å². The van der Waals surface area contributed by atoms with E-state index >= 15 is 0 Å². The number of aryl methyl sites for hydroxylation is 1. The van der Waals surface area contributed by atoms with Gasteiger partial charge in [-0.15, -0.1) is 22.9 Å². The highest BCUT2D eigenvalue weighted by atomic mass is 79.9. The molecule has 0 spiro atoms. The van der Waals surface area contributed by atoms with Crippen LogP contribution in [0.3, 0.4) is 0 Å². The van der Waals surface area contributed by atoms with E-state index in [1.807, 2.05) is 0 Å². The van der Waals surface area contributed by atoms with E-state index in [9.17, 15) is 0 Å². The molecule has 2 rings (SSSR count). The van der Waals surface area contributed by atoms with Crippen LogP contribution >= 0.6 is 70.7 Å². The second-order valence-corrected chi connectivity index (χ2v) is 8.30. The lowest BCUT2D eigenvalue weighted by Crippen LogP contribution is -1.91. The largest absolute Gasteiger partial charge is 0.130 e. The van der Waals surface area contributed by atoms with Crippen LogP contribution in [-0.4, -0.2) is 0 Å². The normalized spacial score (nSPS) is 12.8. The monoisotopic (exact) mass is 456 g/mol. The van der Waals surface area contributed by atoms with E-state index < -0.39 is 0 Å². The maximum absolute atomic E-state index is 6.51. The molecule has 1 heterocycles. The lowest BCUT2D eigenvalue weighted by Gasteiger charge is -2.09. The number of hydrogen-bond acceptors (Lipinski definition) is 1. The first kappa shape index (κ1) is 14.1. The van der Waals surface area contributed by atoms with Gasteiger partial charge in [0, 0.05) is 13.8 Å². The van der Waals surface area contributed by atoms with Gasteiger partial charge in [0.2, 0.25) is 0 Å². The van der Waals surface area contributed by atoms with Crippen LogP contribution in [0.4, 0.5) is 0 Å². The van der Waals surface area contributed by atoms with Crippen LogP contribution in [0.15, 0.2) is 37.0 Å². The van der Waals surface area contributed by atoms with E-state index in [2.05, 4.69) is 79.0 Å². The molecule has 17 heavy (non-hydrogen) atoms. The summed E-state index contributed by atoms with van der Waals surface area (Å²) in [4.78, 5) is 1.13. The lowest BCUT2D eigenvalue weighted by molar-refractivity contribution is 1.17. The second-order valence-electron chi connectivity index (χ2n) is 3.69. The maximum atomic E-state index is 6.51. The third-order valence-corrected chi connectivity index (χ3v) is 6.67. The first-order chi connectivity index (χ1) is 7.97. The quantitative estimate of drug-likeness (QED) is 0.440. The third-order valence-electron chi connectivity index (χ3n) is 2.27. The van der Waals surface area contributed by atoms with Gasteiger partial charge in [0.15, 0.2) is 0 Å². The molecule has 5 heteroatoms. The fourth-order valence-electron chi connectivity index (χ4n) is 1.56. The van der Waals surface area contributed by atoms with Crippen LogP contribution in [0.25, 0.3) is 0 Å². The molecule has 2 aromatic rings. The molecule has 0 radical (unpaired) electrons. The molecule has 1 unspecified atom stereocenters. The molecule has 0 aliphatic rings. The maximum Gasteiger partial charge on any atom is 0.0929 e. The first-order valence-corrected chi connectivity index (χ1v) is 8.46. The molecule has 0 aliphatic carbocycles. The summed E-state index contributed by atoms with van der Waals surface area (Å²) in [5.74, 6) is 0. The van der Waals surface area contributed by atoms with Crippen molar-refractivity contribution in [2.24, 2.45) is 0 Å². The second kappa shape index (κ2) is 5.74. The van der Waals surface area contributed by atoms with Crippen molar-refractivity contribution in [1.29, 1.82) is 0 Å². The van der Waals surface area contributed by atoms with Gasteiger partial charge in [0.05, 0.1) is 9.16 Å². The molecule has 0 fully saturated rings. The summed E-state index contributed by atoms with van der Waals surface area (Å²) in [6, 6.07) is 8.31. The van der Waals surface area contributed by atoms with E-state index in [1.165, 1.54) is 5.56 Å². The fraction of sp³-hybridized carbons (Fsp3) is 0.167. The number of alkyl halides is 1. The third kappa shape index (κ3) is 3.35. The Morgan fingerprint density at radius 1 is 1.12 bits per heavy atom. The Bertz CT molecular complexity index is 511. The zero-order chi connectivity index (χ0) is 12.6. The summed E-state index contributed by atoms with van der Waals surface area (Å²) in [5, 5.41) is -0.112. The number of halogens is 4. The fourth-order valence-corrected chi connectivity index (χ4v) is 4.61. The predicted molar refractivity (Wildman–Crippen MR) is 86.3 cm³/mol. The van der Waals surface area contributed by atoms with E-state index in [1.54, 1.807) is 11.3 Å². The van der Waals surface area contributed by atoms with Gasteiger partial charge in [0.1, 0.15) is 0 Å². The molecule has 0 amide bonds. The van der Waals surface area contributed by atoms with Gasteiger partial charge in [-0.2, -0.15) is 0 Å². The van der Waals surface area contributed by atoms with E-state index in [0.29, 0.717) is 0 Å². The van der Waals surface area contributed by atoms with Gasteiger partial charge in [-0.3, -0.25) is 0 Å². The molecule has 0 bridgehead atoms. The van der Waals surface area contributed by atoms with Crippen LogP contribution in [0.5, 0.6) is 0 Å². The smallest absolute Gasteiger partial charge is 0.0929 e. The number of benzene rings is 1. The molecule has 0 saturated carbocycles. The van der Waals surface area contributed by atoms with E-state index in [0.717, 1.165) is 23.2 Å². The summed E-state index contributed by atoms with van der Waals surface area (Å²) in [5.41, 5.74) is 2.31. The highest BCUT2D eigenvalue weighted by molar-refractivity contribution is 9.13. The van der Waals surface area contributed by atoms with Crippen LogP contribution in [0.2, 0.25) is 0 Å². The van der Waals surface area contributed by atoms with Crippen LogP contribution in [0.1, 0.15) is 21.4 Å². The summed E-state index contributed by atoms with van der Waals surface area (Å²) in [6.07, 6.45) is 0. The average molecular weight is 459 g/mol. The van der Waals surface area contributed by atoms with Crippen molar-refractivity contribution in [2.75, 3.05) is 0 Å². The zero-order valence-corrected chi connectivity index (χ0v) is 15.1. The van der Waals surface area contributed by atoms with Gasteiger partial charge >= 0.3 is 0 Å². The lowest BCUT2D eigenvalue weighted by atomic mass is 10.1. The highest BCUT2D eigenvalue weighted by Crippen LogP contribution is 2.41. The number of thiophene rings is 1. The zero-order valence-electron chi connectivity index (χ0n) is 8.81. The molecule has 0 nitrogen and oxygen atoms in total. The molecule has 0 N–H and O–H groups in total. The van der Waals surface area contributed by atoms with E-state index in [-0.39, 0.29) is 5.38 Å². The predicted octanol–water partition coefficient (Wildman–Crippen LogP) is 6.67. The topological polar surface area (TPSA) is 0 Å². The first-order valence-electron chi connectivity index (χ1n) is 4.83. The van der Waals surface area contributed by atoms with Crippen molar-refractivity contribution in [1.82, 2.24) is 0 Å². The Labute approximate surface area is 135 Å². The van der Waals surface area contributed by atoms with Crippen molar-refractivity contribution in [3.63, 3.8) is 0 Å². The molecule has 0 aliphatic heterocycles. The average Bonchev–Trinajstić information content (AvgIpc) is 2.57. The molecule has 0 saturated heterocycles. The molecular formula is C12H8Br3ClS. The number of hydrogen-bond donors (Lipinski definition) is 0.